The predicted molar refractivity (Wildman–Crippen MR) is 70.6 cm³/mol. The SMILES string of the molecule is CCC(C)N(CC(=O)O)C(C)c1cc(F)ccc1O. The molecular weight excluding hydrogens is 249 g/mol. The van der Waals surface area contributed by atoms with Crippen molar-refractivity contribution in [2.75, 3.05) is 6.54 Å². The van der Waals surface area contributed by atoms with E-state index in [9.17, 15) is 14.3 Å². The Hall–Kier alpha value is -1.62. The summed E-state index contributed by atoms with van der Waals surface area (Å²) in [5, 5.41) is 18.8. The molecule has 0 fully saturated rings. The molecule has 4 nitrogen and oxygen atoms in total. The van der Waals surface area contributed by atoms with E-state index in [0.29, 0.717) is 5.56 Å². The van der Waals surface area contributed by atoms with Crippen molar-refractivity contribution in [1.29, 1.82) is 0 Å². The molecule has 2 unspecified atom stereocenters. The fraction of sp³-hybridized carbons (Fsp3) is 0.500. The second-order valence-corrected chi connectivity index (χ2v) is 4.70. The molecule has 0 aliphatic carbocycles. The van der Waals surface area contributed by atoms with Crippen molar-refractivity contribution in [3.8, 4) is 5.75 Å². The third kappa shape index (κ3) is 3.92. The summed E-state index contributed by atoms with van der Waals surface area (Å²) < 4.78 is 13.3. The van der Waals surface area contributed by atoms with Crippen LogP contribution in [0, 0.1) is 5.82 Å². The number of phenols is 1. The minimum absolute atomic E-state index is 0.0207. The van der Waals surface area contributed by atoms with Gasteiger partial charge < -0.3 is 10.2 Å². The van der Waals surface area contributed by atoms with E-state index >= 15 is 0 Å². The van der Waals surface area contributed by atoms with Crippen LogP contribution in [0.25, 0.3) is 0 Å². The zero-order chi connectivity index (χ0) is 14.6. The average Bonchev–Trinajstić information content (AvgIpc) is 2.37. The maximum Gasteiger partial charge on any atom is 0.317 e. The Morgan fingerprint density at radius 2 is 2.05 bits per heavy atom. The van der Waals surface area contributed by atoms with E-state index in [0.717, 1.165) is 6.42 Å². The lowest BCUT2D eigenvalue weighted by molar-refractivity contribution is -0.139. The van der Waals surface area contributed by atoms with Crippen molar-refractivity contribution in [3.05, 3.63) is 29.6 Å². The lowest BCUT2D eigenvalue weighted by atomic mass is 10.0. The highest BCUT2D eigenvalue weighted by molar-refractivity contribution is 5.69. The van der Waals surface area contributed by atoms with Crippen molar-refractivity contribution in [2.45, 2.75) is 39.3 Å². The third-order valence-corrected chi connectivity index (χ3v) is 3.41. The highest BCUT2D eigenvalue weighted by Crippen LogP contribution is 2.30. The van der Waals surface area contributed by atoms with Gasteiger partial charge in [-0.1, -0.05) is 6.92 Å². The predicted octanol–water partition coefficient (Wildman–Crippen LogP) is 2.78. The minimum Gasteiger partial charge on any atom is -0.508 e. The molecular formula is C14H20FNO3. The van der Waals surface area contributed by atoms with Crippen molar-refractivity contribution in [3.63, 3.8) is 0 Å². The first kappa shape index (κ1) is 15.4. The Bertz CT molecular complexity index is 450. The van der Waals surface area contributed by atoms with Crippen molar-refractivity contribution in [2.24, 2.45) is 0 Å². The van der Waals surface area contributed by atoms with E-state index in [1.165, 1.54) is 18.2 Å². The second-order valence-electron chi connectivity index (χ2n) is 4.70. The van der Waals surface area contributed by atoms with Gasteiger partial charge in [-0.25, -0.2) is 4.39 Å². The summed E-state index contributed by atoms with van der Waals surface area (Å²) in [6, 6.07) is 3.36. The van der Waals surface area contributed by atoms with Crippen LogP contribution in [0.1, 0.15) is 38.8 Å². The van der Waals surface area contributed by atoms with Crippen LogP contribution in [0.15, 0.2) is 18.2 Å². The fourth-order valence-corrected chi connectivity index (χ4v) is 2.10. The van der Waals surface area contributed by atoms with Gasteiger partial charge in [0.05, 0.1) is 6.54 Å². The number of carbonyl (C=O) groups is 1. The monoisotopic (exact) mass is 269 g/mol. The maximum absolute atomic E-state index is 13.3. The number of aliphatic carboxylic acids is 1. The van der Waals surface area contributed by atoms with Gasteiger partial charge >= 0.3 is 5.97 Å². The summed E-state index contributed by atoms with van der Waals surface area (Å²) >= 11 is 0. The quantitative estimate of drug-likeness (QED) is 0.833. The first-order chi connectivity index (χ1) is 8.86. The molecule has 5 heteroatoms. The number of hydrogen-bond acceptors (Lipinski definition) is 3. The first-order valence-corrected chi connectivity index (χ1v) is 6.32. The number of rotatable bonds is 6. The topological polar surface area (TPSA) is 60.8 Å². The Balaban J connectivity index is 3.07. The lowest BCUT2D eigenvalue weighted by Gasteiger charge is -2.33. The number of halogens is 1. The molecule has 0 saturated heterocycles. The Morgan fingerprint density at radius 3 is 2.58 bits per heavy atom. The summed E-state index contributed by atoms with van der Waals surface area (Å²) in [4.78, 5) is 12.7. The lowest BCUT2D eigenvalue weighted by Crippen LogP contribution is -2.39. The van der Waals surface area contributed by atoms with Crippen molar-refractivity contribution in [1.82, 2.24) is 4.90 Å². The molecule has 106 valence electrons. The van der Waals surface area contributed by atoms with Gasteiger partial charge in [0.2, 0.25) is 0 Å². The smallest absolute Gasteiger partial charge is 0.317 e. The van der Waals surface area contributed by atoms with Gasteiger partial charge in [-0.05, 0) is 38.5 Å². The van der Waals surface area contributed by atoms with Crippen LogP contribution in [0.4, 0.5) is 4.39 Å². The molecule has 1 aromatic carbocycles. The van der Waals surface area contributed by atoms with Gasteiger partial charge in [-0.15, -0.1) is 0 Å². The Labute approximate surface area is 112 Å². The molecule has 1 aromatic rings. The molecule has 0 aliphatic rings. The molecule has 0 spiro atoms. The first-order valence-electron chi connectivity index (χ1n) is 6.32. The zero-order valence-electron chi connectivity index (χ0n) is 11.4. The molecule has 2 N–H and O–H groups in total. The summed E-state index contributed by atoms with van der Waals surface area (Å²) in [7, 11) is 0. The average molecular weight is 269 g/mol. The standard InChI is InChI=1S/C14H20FNO3/c1-4-9(2)16(8-14(18)19)10(3)12-7-11(15)5-6-13(12)17/h5-7,9-10,17H,4,8H2,1-3H3,(H,18,19). The molecule has 0 heterocycles. The maximum atomic E-state index is 13.3. The van der Waals surface area contributed by atoms with Crippen LogP contribution < -0.4 is 0 Å². The van der Waals surface area contributed by atoms with E-state index in [2.05, 4.69) is 0 Å². The number of carboxylic acid groups (broad SMARTS) is 1. The third-order valence-electron chi connectivity index (χ3n) is 3.41. The van der Waals surface area contributed by atoms with Gasteiger partial charge in [0.15, 0.2) is 0 Å². The normalized spacial score (nSPS) is 14.4. The van der Waals surface area contributed by atoms with Gasteiger partial charge in [0, 0.05) is 17.6 Å². The van der Waals surface area contributed by atoms with Crippen LogP contribution in [0.5, 0.6) is 5.75 Å². The van der Waals surface area contributed by atoms with Gasteiger partial charge in [0.1, 0.15) is 11.6 Å². The van der Waals surface area contributed by atoms with E-state index in [-0.39, 0.29) is 24.4 Å². The molecule has 0 amide bonds. The molecule has 0 bridgehead atoms. The summed E-state index contributed by atoms with van der Waals surface area (Å²) in [5.41, 5.74) is 0.404. The molecule has 0 saturated carbocycles. The van der Waals surface area contributed by atoms with Crippen LogP contribution >= 0.6 is 0 Å². The van der Waals surface area contributed by atoms with E-state index in [1.807, 2.05) is 13.8 Å². The van der Waals surface area contributed by atoms with Crippen LogP contribution in [-0.2, 0) is 4.79 Å². The summed E-state index contributed by atoms with van der Waals surface area (Å²) in [6.45, 7) is 5.49. The molecule has 0 aromatic heterocycles. The number of carboxylic acids is 1. The molecule has 19 heavy (non-hydrogen) atoms. The fourth-order valence-electron chi connectivity index (χ4n) is 2.10. The molecule has 0 radical (unpaired) electrons. The van der Waals surface area contributed by atoms with Gasteiger partial charge in [-0.2, -0.15) is 0 Å². The van der Waals surface area contributed by atoms with Gasteiger partial charge in [0.25, 0.3) is 0 Å². The van der Waals surface area contributed by atoms with E-state index in [4.69, 9.17) is 5.11 Å². The van der Waals surface area contributed by atoms with Crippen molar-refractivity contribution < 1.29 is 19.4 Å². The number of aromatic hydroxyl groups is 1. The zero-order valence-corrected chi connectivity index (χ0v) is 11.4. The van der Waals surface area contributed by atoms with E-state index < -0.39 is 11.8 Å². The number of benzene rings is 1. The highest BCUT2D eigenvalue weighted by atomic mass is 19.1. The van der Waals surface area contributed by atoms with Crippen LogP contribution in [0.3, 0.4) is 0 Å². The number of phenolic OH excluding ortho intramolecular Hbond substituents is 1. The largest absolute Gasteiger partial charge is 0.508 e. The Kier molecular flexibility index (Phi) is 5.30. The van der Waals surface area contributed by atoms with E-state index in [1.54, 1.807) is 11.8 Å². The summed E-state index contributed by atoms with van der Waals surface area (Å²) in [5.74, 6) is -1.41. The second kappa shape index (κ2) is 6.52. The van der Waals surface area contributed by atoms with Crippen molar-refractivity contribution >= 4 is 5.97 Å². The minimum atomic E-state index is -0.942. The van der Waals surface area contributed by atoms with Crippen LogP contribution in [-0.4, -0.2) is 33.7 Å². The Morgan fingerprint density at radius 1 is 1.42 bits per heavy atom. The number of nitrogens with zero attached hydrogens (tertiary/aromatic N) is 1. The number of hydrogen-bond donors (Lipinski definition) is 2. The van der Waals surface area contributed by atoms with Crippen LogP contribution in [0.2, 0.25) is 0 Å². The highest BCUT2D eigenvalue weighted by Gasteiger charge is 2.24. The van der Waals surface area contributed by atoms with Gasteiger partial charge in [-0.3, -0.25) is 9.69 Å². The molecule has 1 rings (SSSR count). The summed E-state index contributed by atoms with van der Waals surface area (Å²) in [6.07, 6.45) is 0.772. The molecule has 0 aliphatic heterocycles. The molecule has 2 atom stereocenters.